The number of nitrogens with zero attached hydrogens (tertiary/aromatic N) is 4. The van der Waals surface area contributed by atoms with Gasteiger partial charge in [-0.05, 0) is 30.7 Å². The summed E-state index contributed by atoms with van der Waals surface area (Å²) in [5.74, 6) is -0.892. The van der Waals surface area contributed by atoms with Crippen LogP contribution in [0, 0.1) is 0 Å². The van der Waals surface area contributed by atoms with Gasteiger partial charge in [0.2, 0.25) is 10.0 Å². The molecule has 13 heteroatoms. The molecule has 1 aliphatic heterocycles. The molecule has 3 rings (SSSR count). The van der Waals surface area contributed by atoms with Crippen LogP contribution in [-0.2, 0) is 31.9 Å². The number of aliphatic carboxylic acids is 1. The highest BCUT2D eigenvalue weighted by atomic mass is 32.2. The molecule has 0 radical (unpaired) electrons. The SMILES string of the molecule is COc1ccc(S(=O)(=O)N2CCN(S(=O)(=O)c3cn(C)cn3)CCC2C(=O)O)cc1. The molecule has 11 nitrogen and oxygen atoms in total. The number of imidazole rings is 1. The Hall–Kier alpha value is -2.48. The number of methoxy groups -OCH3 is 1. The van der Waals surface area contributed by atoms with E-state index in [4.69, 9.17) is 4.74 Å². The fourth-order valence-corrected chi connectivity index (χ4v) is 6.22. The zero-order chi connectivity index (χ0) is 22.1. The minimum Gasteiger partial charge on any atom is -0.497 e. The van der Waals surface area contributed by atoms with E-state index in [0.29, 0.717) is 5.75 Å². The van der Waals surface area contributed by atoms with Gasteiger partial charge in [0, 0.05) is 32.9 Å². The monoisotopic (exact) mass is 458 g/mol. The Morgan fingerprint density at radius 2 is 1.77 bits per heavy atom. The van der Waals surface area contributed by atoms with Gasteiger partial charge in [0.15, 0.2) is 5.03 Å². The standard InChI is InChI=1S/C17H22N4O7S2/c1-19-11-16(18-12-19)30(26,27)20-8-7-15(17(22)23)21(10-9-20)29(24,25)14-5-3-13(28-2)4-6-14/h3-6,11-12,15H,7-10H2,1-2H3,(H,22,23). The molecule has 1 atom stereocenters. The molecular weight excluding hydrogens is 436 g/mol. The van der Waals surface area contributed by atoms with Crippen molar-refractivity contribution in [1.29, 1.82) is 0 Å². The van der Waals surface area contributed by atoms with E-state index >= 15 is 0 Å². The predicted octanol–water partition coefficient (Wildman–Crippen LogP) is -0.0328. The molecule has 2 aromatic rings. The van der Waals surface area contributed by atoms with E-state index in [1.807, 2.05) is 0 Å². The summed E-state index contributed by atoms with van der Waals surface area (Å²) in [4.78, 5) is 15.6. The van der Waals surface area contributed by atoms with Gasteiger partial charge in [0.25, 0.3) is 10.0 Å². The maximum Gasteiger partial charge on any atom is 0.322 e. The van der Waals surface area contributed by atoms with Crippen molar-refractivity contribution in [3.05, 3.63) is 36.8 Å². The molecule has 0 spiro atoms. The van der Waals surface area contributed by atoms with E-state index in [1.54, 1.807) is 7.05 Å². The summed E-state index contributed by atoms with van der Waals surface area (Å²) in [6.45, 7) is -0.653. The number of aryl methyl sites for hydroxylation is 1. The summed E-state index contributed by atoms with van der Waals surface area (Å²) in [5, 5.41) is 9.45. The van der Waals surface area contributed by atoms with Crippen molar-refractivity contribution in [2.75, 3.05) is 26.7 Å². The van der Waals surface area contributed by atoms with E-state index in [1.165, 1.54) is 48.5 Å². The van der Waals surface area contributed by atoms with Crippen molar-refractivity contribution in [3.8, 4) is 5.75 Å². The number of aromatic nitrogens is 2. The Morgan fingerprint density at radius 3 is 2.30 bits per heavy atom. The normalized spacial score (nSPS) is 19.3. The van der Waals surface area contributed by atoms with Crippen molar-refractivity contribution in [2.45, 2.75) is 22.4 Å². The molecule has 1 aromatic carbocycles. The van der Waals surface area contributed by atoms with Crippen LogP contribution in [0.4, 0.5) is 0 Å². The van der Waals surface area contributed by atoms with E-state index in [9.17, 15) is 26.7 Å². The number of ether oxygens (including phenoxy) is 1. The Bertz CT molecular complexity index is 1130. The molecule has 1 N–H and O–H groups in total. The zero-order valence-corrected chi connectivity index (χ0v) is 18.0. The lowest BCUT2D eigenvalue weighted by atomic mass is 10.2. The number of carboxylic acids is 1. The summed E-state index contributed by atoms with van der Waals surface area (Å²) in [6.07, 6.45) is 2.47. The molecule has 1 fully saturated rings. The number of carbonyl (C=O) groups is 1. The summed E-state index contributed by atoms with van der Waals surface area (Å²) < 4.78 is 60.3. The predicted molar refractivity (Wildman–Crippen MR) is 105 cm³/mol. The minimum absolute atomic E-state index is 0.101. The quantitative estimate of drug-likeness (QED) is 0.636. The van der Waals surface area contributed by atoms with Crippen LogP contribution >= 0.6 is 0 Å². The highest BCUT2D eigenvalue weighted by Crippen LogP contribution is 2.26. The maximum absolute atomic E-state index is 13.1. The van der Waals surface area contributed by atoms with Gasteiger partial charge in [0.1, 0.15) is 11.8 Å². The molecule has 0 bridgehead atoms. The molecule has 2 heterocycles. The van der Waals surface area contributed by atoms with Gasteiger partial charge < -0.3 is 14.4 Å². The molecule has 164 valence electrons. The number of hydrogen-bond acceptors (Lipinski definition) is 7. The largest absolute Gasteiger partial charge is 0.497 e. The fourth-order valence-electron chi connectivity index (χ4n) is 3.20. The van der Waals surface area contributed by atoms with E-state index < -0.39 is 32.1 Å². The van der Waals surface area contributed by atoms with Crippen molar-refractivity contribution in [3.63, 3.8) is 0 Å². The second kappa shape index (κ2) is 8.34. The van der Waals surface area contributed by atoms with Crippen LogP contribution in [0.3, 0.4) is 0 Å². The fraction of sp³-hybridized carbons (Fsp3) is 0.412. The topological polar surface area (TPSA) is 139 Å². The second-order valence-electron chi connectivity index (χ2n) is 6.72. The molecule has 30 heavy (non-hydrogen) atoms. The van der Waals surface area contributed by atoms with Gasteiger partial charge in [-0.25, -0.2) is 21.8 Å². The average Bonchev–Trinajstić information content (AvgIpc) is 3.01. The first-order valence-electron chi connectivity index (χ1n) is 8.94. The second-order valence-corrected chi connectivity index (χ2v) is 10.5. The van der Waals surface area contributed by atoms with Crippen molar-refractivity contribution in [1.82, 2.24) is 18.2 Å². The maximum atomic E-state index is 13.1. The molecule has 0 aliphatic carbocycles. The minimum atomic E-state index is -4.18. The summed E-state index contributed by atoms with van der Waals surface area (Å²) in [6, 6.07) is 4.15. The summed E-state index contributed by atoms with van der Waals surface area (Å²) >= 11 is 0. The van der Waals surface area contributed by atoms with E-state index in [0.717, 1.165) is 8.61 Å². The Kier molecular flexibility index (Phi) is 6.17. The van der Waals surface area contributed by atoms with Gasteiger partial charge in [0.05, 0.1) is 18.3 Å². The first kappa shape index (κ1) is 22.2. The van der Waals surface area contributed by atoms with Crippen LogP contribution in [0.2, 0.25) is 0 Å². The average molecular weight is 459 g/mol. The Labute approximate surface area is 174 Å². The van der Waals surface area contributed by atoms with Gasteiger partial charge in [-0.3, -0.25) is 4.79 Å². The number of sulfonamides is 2. The lowest BCUT2D eigenvalue weighted by Gasteiger charge is -2.25. The molecule has 0 saturated carbocycles. The van der Waals surface area contributed by atoms with Crippen LogP contribution in [-0.4, -0.2) is 78.9 Å². The lowest BCUT2D eigenvalue weighted by Crippen LogP contribution is -2.45. The van der Waals surface area contributed by atoms with Crippen LogP contribution in [0.1, 0.15) is 6.42 Å². The van der Waals surface area contributed by atoms with Gasteiger partial charge in [-0.2, -0.15) is 8.61 Å². The molecule has 0 amide bonds. The number of hydrogen-bond donors (Lipinski definition) is 1. The highest BCUT2D eigenvalue weighted by Gasteiger charge is 2.40. The smallest absolute Gasteiger partial charge is 0.322 e. The van der Waals surface area contributed by atoms with E-state index in [2.05, 4.69) is 4.98 Å². The number of benzene rings is 1. The Morgan fingerprint density at radius 1 is 1.10 bits per heavy atom. The highest BCUT2D eigenvalue weighted by molar-refractivity contribution is 7.89. The van der Waals surface area contributed by atoms with Gasteiger partial charge >= 0.3 is 5.97 Å². The molecule has 1 aromatic heterocycles. The van der Waals surface area contributed by atoms with Gasteiger partial charge in [-0.15, -0.1) is 0 Å². The van der Waals surface area contributed by atoms with Crippen LogP contribution in [0.5, 0.6) is 5.75 Å². The summed E-state index contributed by atoms with van der Waals surface area (Å²) in [7, 11) is -5.10. The van der Waals surface area contributed by atoms with Gasteiger partial charge in [-0.1, -0.05) is 0 Å². The molecular formula is C17H22N4O7S2. The van der Waals surface area contributed by atoms with Crippen LogP contribution < -0.4 is 4.74 Å². The molecule has 1 saturated heterocycles. The van der Waals surface area contributed by atoms with Crippen LogP contribution in [0.25, 0.3) is 0 Å². The third kappa shape index (κ3) is 4.19. The Balaban J connectivity index is 1.92. The molecule has 1 aliphatic rings. The van der Waals surface area contributed by atoms with Crippen molar-refractivity contribution < 1.29 is 31.5 Å². The van der Waals surface area contributed by atoms with Crippen LogP contribution in [0.15, 0.2) is 46.7 Å². The number of rotatable bonds is 6. The third-order valence-electron chi connectivity index (χ3n) is 4.81. The first-order chi connectivity index (χ1) is 14.1. The number of carboxylic acid groups (broad SMARTS) is 1. The molecule has 1 unspecified atom stereocenters. The van der Waals surface area contributed by atoms with Crippen molar-refractivity contribution in [2.24, 2.45) is 7.05 Å². The van der Waals surface area contributed by atoms with Crippen molar-refractivity contribution >= 4 is 26.0 Å². The first-order valence-corrected chi connectivity index (χ1v) is 11.8. The lowest BCUT2D eigenvalue weighted by molar-refractivity contribution is -0.141. The van der Waals surface area contributed by atoms with E-state index in [-0.39, 0.29) is 36.0 Å². The summed E-state index contributed by atoms with van der Waals surface area (Å²) in [5.41, 5.74) is 0. The zero-order valence-electron chi connectivity index (χ0n) is 16.4. The third-order valence-corrected chi connectivity index (χ3v) is 8.51.